The van der Waals surface area contributed by atoms with Gasteiger partial charge >= 0.3 is 0 Å². The van der Waals surface area contributed by atoms with E-state index in [1.54, 1.807) is 18.3 Å². The van der Waals surface area contributed by atoms with Gasteiger partial charge in [0.2, 0.25) is 5.91 Å². The van der Waals surface area contributed by atoms with E-state index in [0.717, 1.165) is 5.56 Å². The molecule has 0 fully saturated rings. The normalized spacial score (nSPS) is 11.8. The molecule has 1 aromatic rings. The molecule has 0 aromatic carbocycles. The molecule has 3 nitrogen and oxygen atoms in total. The van der Waals surface area contributed by atoms with E-state index in [4.69, 9.17) is 5.26 Å². The third-order valence-electron chi connectivity index (χ3n) is 2.00. The van der Waals surface area contributed by atoms with Crippen LogP contribution < -0.4 is 5.32 Å². The molecule has 1 aromatic heterocycles. The van der Waals surface area contributed by atoms with Crippen LogP contribution in [0.25, 0.3) is 0 Å². The summed E-state index contributed by atoms with van der Waals surface area (Å²) in [5.41, 5.74) is 2.30. The minimum atomic E-state index is -0.575. The van der Waals surface area contributed by atoms with E-state index in [-0.39, 0.29) is 5.91 Å². The number of rotatable bonds is 3. The summed E-state index contributed by atoms with van der Waals surface area (Å²) in [6.07, 6.45) is 0. The lowest BCUT2D eigenvalue weighted by Gasteiger charge is -2.05. The number of nitriles is 1. The van der Waals surface area contributed by atoms with Crippen molar-refractivity contribution in [1.29, 1.82) is 5.26 Å². The first-order valence-electron chi connectivity index (χ1n) is 4.34. The maximum Gasteiger partial charge on any atom is 0.237 e. The molecule has 0 aliphatic heterocycles. The van der Waals surface area contributed by atoms with E-state index in [0.29, 0.717) is 6.54 Å². The number of nitrogens with one attached hydrogen (secondary N) is 1. The number of carbonyl (C=O) groups is 1. The van der Waals surface area contributed by atoms with Crippen LogP contribution in [0.1, 0.15) is 18.1 Å². The molecule has 4 heteroatoms. The highest BCUT2D eigenvalue weighted by atomic mass is 32.1. The molecule has 0 aliphatic rings. The van der Waals surface area contributed by atoms with Crippen molar-refractivity contribution in [2.45, 2.75) is 20.4 Å². The quantitative estimate of drug-likeness (QED) is 0.824. The molecule has 1 atom stereocenters. The minimum absolute atomic E-state index is 0.210. The number of aryl methyl sites for hydroxylation is 1. The molecule has 0 saturated carbocycles. The molecule has 0 radical (unpaired) electrons. The summed E-state index contributed by atoms with van der Waals surface area (Å²) in [5, 5.41) is 15.3. The Morgan fingerprint density at radius 2 is 2.43 bits per heavy atom. The average molecular weight is 208 g/mol. The van der Waals surface area contributed by atoms with Crippen LogP contribution in [-0.4, -0.2) is 5.91 Å². The van der Waals surface area contributed by atoms with Gasteiger partial charge in [-0.1, -0.05) is 0 Å². The molecule has 0 bridgehead atoms. The number of carbonyl (C=O) groups excluding carboxylic acids is 1. The van der Waals surface area contributed by atoms with Crippen molar-refractivity contribution < 1.29 is 4.79 Å². The van der Waals surface area contributed by atoms with Crippen LogP contribution in [0, 0.1) is 24.2 Å². The van der Waals surface area contributed by atoms with Gasteiger partial charge < -0.3 is 5.32 Å². The van der Waals surface area contributed by atoms with E-state index in [1.807, 2.05) is 23.8 Å². The molecule has 0 spiro atoms. The molecular formula is C10H12N2OS. The number of hydrogen-bond acceptors (Lipinski definition) is 3. The maximum atomic E-state index is 11.3. The number of hydrogen-bond donors (Lipinski definition) is 1. The summed E-state index contributed by atoms with van der Waals surface area (Å²) in [7, 11) is 0. The second-order valence-electron chi connectivity index (χ2n) is 3.15. The molecule has 1 amide bonds. The van der Waals surface area contributed by atoms with Crippen molar-refractivity contribution in [3.8, 4) is 6.07 Å². The largest absolute Gasteiger partial charge is 0.351 e. The standard InChI is InChI=1S/C10H12N2OS/c1-7(3-11)10(13)12-4-9-6-14-5-8(9)2/h5-7H,4H2,1-2H3,(H,12,13). The van der Waals surface area contributed by atoms with Crippen molar-refractivity contribution in [1.82, 2.24) is 5.32 Å². The van der Waals surface area contributed by atoms with E-state index >= 15 is 0 Å². The Morgan fingerprint density at radius 1 is 1.71 bits per heavy atom. The van der Waals surface area contributed by atoms with Crippen molar-refractivity contribution >= 4 is 17.2 Å². The van der Waals surface area contributed by atoms with Gasteiger partial charge in [-0.25, -0.2) is 0 Å². The highest BCUT2D eigenvalue weighted by molar-refractivity contribution is 7.08. The summed E-state index contributed by atoms with van der Waals surface area (Å²) in [6, 6.07) is 1.90. The lowest BCUT2D eigenvalue weighted by Crippen LogP contribution is -2.27. The Labute approximate surface area is 87.4 Å². The zero-order valence-corrected chi connectivity index (χ0v) is 9.02. The van der Waals surface area contributed by atoms with Gasteiger partial charge in [-0.05, 0) is 35.7 Å². The average Bonchev–Trinajstić information content (AvgIpc) is 2.59. The van der Waals surface area contributed by atoms with Crippen LogP contribution in [0.3, 0.4) is 0 Å². The lowest BCUT2D eigenvalue weighted by molar-refractivity contribution is -0.123. The van der Waals surface area contributed by atoms with Gasteiger partial charge in [-0.15, -0.1) is 0 Å². The SMILES string of the molecule is Cc1cscc1CNC(=O)C(C)C#N. The second kappa shape index (κ2) is 4.77. The third kappa shape index (κ3) is 2.57. The monoisotopic (exact) mass is 208 g/mol. The van der Waals surface area contributed by atoms with Gasteiger partial charge in [-0.2, -0.15) is 16.6 Å². The van der Waals surface area contributed by atoms with Crippen LogP contribution in [0.4, 0.5) is 0 Å². The molecule has 0 saturated heterocycles. The first kappa shape index (κ1) is 10.7. The van der Waals surface area contributed by atoms with E-state index in [9.17, 15) is 4.79 Å². The van der Waals surface area contributed by atoms with Crippen molar-refractivity contribution in [3.05, 3.63) is 21.9 Å². The fraction of sp³-hybridized carbons (Fsp3) is 0.400. The summed E-state index contributed by atoms with van der Waals surface area (Å²) < 4.78 is 0. The highest BCUT2D eigenvalue weighted by Crippen LogP contribution is 2.13. The number of thiophene rings is 1. The molecule has 0 aliphatic carbocycles. The van der Waals surface area contributed by atoms with Crippen molar-refractivity contribution in [2.75, 3.05) is 0 Å². The summed E-state index contributed by atoms with van der Waals surface area (Å²) in [6.45, 7) is 4.11. The Hall–Kier alpha value is -1.34. The first-order chi connectivity index (χ1) is 6.65. The Bertz CT molecular complexity index is 364. The molecule has 74 valence electrons. The van der Waals surface area contributed by atoms with Crippen LogP contribution in [0.2, 0.25) is 0 Å². The smallest absolute Gasteiger partial charge is 0.237 e. The Kier molecular flexibility index (Phi) is 3.66. The van der Waals surface area contributed by atoms with Crippen LogP contribution in [0.5, 0.6) is 0 Å². The molecule has 1 unspecified atom stereocenters. The van der Waals surface area contributed by atoms with Gasteiger partial charge in [0.1, 0.15) is 5.92 Å². The van der Waals surface area contributed by atoms with Gasteiger partial charge in [-0.3, -0.25) is 4.79 Å². The molecular weight excluding hydrogens is 196 g/mol. The Morgan fingerprint density at radius 3 is 2.93 bits per heavy atom. The highest BCUT2D eigenvalue weighted by Gasteiger charge is 2.11. The number of amides is 1. The molecule has 1 rings (SSSR count). The third-order valence-corrected chi connectivity index (χ3v) is 2.91. The zero-order valence-electron chi connectivity index (χ0n) is 8.20. The second-order valence-corrected chi connectivity index (χ2v) is 3.89. The maximum absolute atomic E-state index is 11.3. The fourth-order valence-corrected chi connectivity index (χ4v) is 1.82. The molecule has 14 heavy (non-hydrogen) atoms. The summed E-state index contributed by atoms with van der Waals surface area (Å²) >= 11 is 1.62. The van der Waals surface area contributed by atoms with Crippen LogP contribution >= 0.6 is 11.3 Å². The fourth-order valence-electron chi connectivity index (χ4n) is 0.962. The lowest BCUT2D eigenvalue weighted by atomic mass is 10.2. The minimum Gasteiger partial charge on any atom is -0.351 e. The molecule has 1 heterocycles. The van der Waals surface area contributed by atoms with Gasteiger partial charge in [0, 0.05) is 6.54 Å². The zero-order chi connectivity index (χ0) is 10.6. The van der Waals surface area contributed by atoms with Crippen molar-refractivity contribution in [2.24, 2.45) is 5.92 Å². The number of nitrogens with zero attached hydrogens (tertiary/aromatic N) is 1. The van der Waals surface area contributed by atoms with E-state index < -0.39 is 5.92 Å². The van der Waals surface area contributed by atoms with Gasteiger partial charge in [0.05, 0.1) is 6.07 Å². The predicted molar refractivity (Wildman–Crippen MR) is 55.7 cm³/mol. The summed E-state index contributed by atoms with van der Waals surface area (Å²) in [4.78, 5) is 11.3. The molecule has 1 N–H and O–H groups in total. The van der Waals surface area contributed by atoms with Gasteiger partial charge in [0.15, 0.2) is 0 Å². The predicted octanol–water partition coefficient (Wildman–Crippen LogP) is 1.83. The topological polar surface area (TPSA) is 52.9 Å². The summed E-state index contributed by atoms with van der Waals surface area (Å²) in [5.74, 6) is -0.785. The Balaban J connectivity index is 2.46. The van der Waals surface area contributed by atoms with Crippen LogP contribution in [0.15, 0.2) is 10.8 Å². The van der Waals surface area contributed by atoms with E-state index in [1.165, 1.54) is 5.56 Å². The van der Waals surface area contributed by atoms with Crippen LogP contribution in [-0.2, 0) is 11.3 Å². The van der Waals surface area contributed by atoms with Gasteiger partial charge in [0.25, 0.3) is 0 Å². The first-order valence-corrected chi connectivity index (χ1v) is 5.28. The van der Waals surface area contributed by atoms with E-state index in [2.05, 4.69) is 5.32 Å². The van der Waals surface area contributed by atoms with Crippen molar-refractivity contribution in [3.63, 3.8) is 0 Å².